The van der Waals surface area contributed by atoms with Crippen molar-refractivity contribution in [3.8, 4) is 0 Å². The summed E-state index contributed by atoms with van der Waals surface area (Å²) in [5.41, 5.74) is 16.4. The van der Waals surface area contributed by atoms with Gasteiger partial charge in [-0.25, -0.2) is 0 Å². The fraction of sp³-hybridized carbons (Fsp3) is 0.564. The van der Waals surface area contributed by atoms with Crippen LogP contribution in [0, 0.1) is 29.6 Å². The molecule has 0 amide bonds. The molecule has 0 saturated carbocycles. The van der Waals surface area contributed by atoms with Crippen LogP contribution < -0.4 is 5.32 Å². The molecule has 3 aliphatic carbocycles. The maximum atomic E-state index is 4.05. The van der Waals surface area contributed by atoms with E-state index in [-0.39, 0.29) is 0 Å². The summed E-state index contributed by atoms with van der Waals surface area (Å²) in [6.45, 7) is 20.5. The summed E-state index contributed by atoms with van der Waals surface area (Å²) in [5.74, 6) is 3.31. The third kappa shape index (κ3) is 6.16. The summed E-state index contributed by atoms with van der Waals surface area (Å²) in [5, 5.41) is 3.53. The van der Waals surface area contributed by atoms with Gasteiger partial charge in [-0.15, -0.1) is 12.3 Å². The molecule has 41 heavy (non-hydrogen) atoms. The van der Waals surface area contributed by atoms with Gasteiger partial charge in [0.25, 0.3) is 0 Å². The Bertz CT molecular complexity index is 1310. The van der Waals surface area contributed by atoms with Crippen molar-refractivity contribution in [2.45, 2.75) is 92.5 Å². The Morgan fingerprint density at radius 2 is 1.98 bits per heavy atom. The Labute approximate surface area is 251 Å². The van der Waals surface area contributed by atoms with E-state index in [4.69, 9.17) is 0 Å². The highest BCUT2D eigenvalue weighted by Crippen LogP contribution is 2.43. The smallest absolute Gasteiger partial charge is 0.0376 e. The SMILES string of the molecule is C=CC1C(C)=C=C(c2ccc(CC3CCN(CC4CC=CC5=C4CCCC5C(C)C)C(C)C3)c(NC)c2)C(C)=C1C. The van der Waals surface area contributed by atoms with Gasteiger partial charge in [0.1, 0.15) is 0 Å². The van der Waals surface area contributed by atoms with Crippen molar-refractivity contribution in [1.29, 1.82) is 0 Å². The Morgan fingerprint density at radius 1 is 1.17 bits per heavy atom. The predicted octanol–water partition coefficient (Wildman–Crippen LogP) is 9.78. The summed E-state index contributed by atoms with van der Waals surface area (Å²) in [6.07, 6.45) is 16.1. The lowest BCUT2D eigenvalue weighted by Gasteiger charge is -2.42. The molecule has 5 rings (SSSR count). The van der Waals surface area contributed by atoms with E-state index in [0.29, 0.717) is 12.0 Å². The number of allylic oxidation sites excluding steroid dienone is 7. The normalized spacial score (nSPS) is 28.9. The second-order valence-electron chi connectivity index (χ2n) is 13.8. The first-order chi connectivity index (χ1) is 19.7. The van der Waals surface area contributed by atoms with E-state index in [9.17, 15) is 0 Å². The minimum Gasteiger partial charge on any atom is -0.388 e. The van der Waals surface area contributed by atoms with E-state index in [1.54, 1.807) is 5.57 Å². The minimum absolute atomic E-state index is 0.308. The fourth-order valence-electron chi connectivity index (χ4n) is 8.38. The maximum absolute atomic E-state index is 4.05. The van der Waals surface area contributed by atoms with Gasteiger partial charge in [0.2, 0.25) is 0 Å². The molecule has 0 bridgehead atoms. The summed E-state index contributed by atoms with van der Waals surface area (Å²) in [6, 6.07) is 7.71. The molecule has 0 spiro atoms. The van der Waals surface area contributed by atoms with Crippen LogP contribution in [0.25, 0.3) is 5.57 Å². The van der Waals surface area contributed by atoms with Crippen LogP contribution >= 0.6 is 0 Å². The molecular weight excluding hydrogens is 496 g/mol. The van der Waals surface area contributed by atoms with Gasteiger partial charge >= 0.3 is 0 Å². The van der Waals surface area contributed by atoms with Crippen LogP contribution in [0.5, 0.6) is 0 Å². The number of rotatable bonds is 8. The van der Waals surface area contributed by atoms with Gasteiger partial charge in [-0.1, -0.05) is 55.4 Å². The monoisotopic (exact) mass is 550 g/mol. The highest BCUT2D eigenvalue weighted by molar-refractivity contribution is 5.82. The van der Waals surface area contributed by atoms with Gasteiger partial charge in [0.15, 0.2) is 0 Å². The Hall–Kier alpha value is -2.54. The molecule has 1 N–H and O–H groups in total. The number of nitrogens with zero attached hydrogens (tertiary/aromatic N) is 1. The van der Waals surface area contributed by atoms with Crippen molar-refractivity contribution < 1.29 is 0 Å². The quantitative estimate of drug-likeness (QED) is 0.256. The molecule has 1 heterocycles. The van der Waals surface area contributed by atoms with Crippen molar-refractivity contribution in [1.82, 2.24) is 4.90 Å². The number of anilines is 1. The number of nitrogens with one attached hydrogen (secondary N) is 1. The van der Waals surface area contributed by atoms with E-state index in [2.05, 4.69) is 101 Å². The first kappa shape index (κ1) is 29.9. The molecular formula is C39H54N2. The zero-order chi connectivity index (χ0) is 29.3. The van der Waals surface area contributed by atoms with Crippen LogP contribution in [0.4, 0.5) is 5.69 Å². The zero-order valence-electron chi connectivity index (χ0n) is 26.9. The van der Waals surface area contributed by atoms with Crippen molar-refractivity contribution in [2.24, 2.45) is 29.6 Å². The summed E-state index contributed by atoms with van der Waals surface area (Å²) in [4.78, 5) is 2.82. The minimum atomic E-state index is 0.308. The van der Waals surface area contributed by atoms with Crippen molar-refractivity contribution in [2.75, 3.05) is 25.5 Å². The molecule has 2 heteroatoms. The van der Waals surface area contributed by atoms with Crippen LogP contribution in [0.2, 0.25) is 0 Å². The molecule has 1 aromatic rings. The second kappa shape index (κ2) is 12.8. The van der Waals surface area contributed by atoms with Crippen LogP contribution in [0.1, 0.15) is 91.2 Å². The van der Waals surface area contributed by atoms with Gasteiger partial charge < -0.3 is 10.2 Å². The average Bonchev–Trinajstić information content (AvgIpc) is 2.96. The van der Waals surface area contributed by atoms with Gasteiger partial charge in [-0.2, -0.15) is 0 Å². The molecule has 5 unspecified atom stereocenters. The lowest BCUT2D eigenvalue weighted by Crippen LogP contribution is -2.44. The number of hydrogen-bond donors (Lipinski definition) is 1. The standard InChI is InChI=1S/C39H54N2/c1-9-34-26(4)20-38(29(7)28(34)6)31-16-17-32(39(23-31)40-8)22-30-18-19-41(27(5)21-30)24-33-12-10-15-37-35(25(2)3)13-11-14-36(33)37/h9-10,15-17,23,25,27,30,33-35,40H,1,11-14,18-19,21-22,24H2,2-8H3. The van der Waals surface area contributed by atoms with Gasteiger partial charge in [-0.05, 0) is 137 Å². The van der Waals surface area contributed by atoms with E-state index in [1.165, 1.54) is 90.7 Å². The van der Waals surface area contributed by atoms with Gasteiger partial charge in [0.05, 0.1) is 0 Å². The highest BCUT2D eigenvalue weighted by atomic mass is 15.2. The van der Waals surface area contributed by atoms with Crippen LogP contribution in [-0.2, 0) is 6.42 Å². The first-order valence-corrected chi connectivity index (χ1v) is 16.4. The summed E-state index contributed by atoms with van der Waals surface area (Å²) in [7, 11) is 2.07. The average molecular weight is 551 g/mol. The Balaban J connectivity index is 1.25. The highest BCUT2D eigenvalue weighted by Gasteiger charge is 2.33. The number of likely N-dealkylation sites (tertiary alicyclic amines) is 1. The fourth-order valence-corrected chi connectivity index (χ4v) is 8.38. The molecule has 1 fully saturated rings. The van der Waals surface area contributed by atoms with E-state index >= 15 is 0 Å². The summed E-state index contributed by atoms with van der Waals surface area (Å²) < 4.78 is 0. The van der Waals surface area contributed by atoms with Crippen LogP contribution in [0.15, 0.2) is 76.6 Å². The number of piperidine rings is 1. The molecule has 5 atom stereocenters. The third-order valence-electron chi connectivity index (χ3n) is 11.0. The van der Waals surface area contributed by atoms with Gasteiger partial charge in [0, 0.05) is 36.8 Å². The van der Waals surface area contributed by atoms with E-state index < -0.39 is 0 Å². The lowest BCUT2D eigenvalue weighted by atomic mass is 9.70. The number of benzene rings is 1. The van der Waals surface area contributed by atoms with Crippen molar-refractivity contribution in [3.05, 3.63) is 87.7 Å². The first-order valence-electron chi connectivity index (χ1n) is 16.4. The van der Waals surface area contributed by atoms with Gasteiger partial charge in [-0.3, -0.25) is 0 Å². The maximum Gasteiger partial charge on any atom is 0.0376 e. The Kier molecular flexibility index (Phi) is 9.32. The van der Waals surface area contributed by atoms with E-state index in [1.807, 2.05) is 11.6 Å². The van der Waals surface area contributed by atoms with Crippen LogP contribution in [0.3, 0.4) is 0 Å². The molecule has 1 saturated heterocycles. The third-order valence-corrected chi connectivity index (χ3v) is 11.0. The molecule has 220 valence electrons. The molecule has 0 radical (unpaired) electrons. The number of hydrogen-bond acceptors (Lipinski definition) is 2. The lowest BCUT2D eigenvalue weighted by molar-refractivity contribution is 0.108. The zero-order valence-corrected chi connectivity index (χ0v) is 26.9. The second-order valence-corrected chi connectivity index (χ2v) is 13.8. The van der Waals surface area contributed by atoms with Crippen LogP contribution in [-0.4, -0.2) is 31.1 Å². The molecule has 1 aliphatic heterocycles. The molecule has 2 nitrogen and oxygen atoms in total. The predicted molar refractivity (Wildman–Crippen MR) is 178 cm³/mol. The van der Waals surface area contributed by atoms with E-state index in [0.717, 1.165) is 30.1 Å². The van der Waals surface area contributed by atoms with Crippen molar-refractivity contribution >= 4 is 11.3 Å². The Morgan fingerprint density at radius 3 is 2.68 bits per heavy atom. The molecule has 1 aromatic carbocycles. The molecule has 4 aliphatic rings. The summed E-state index contributed by atoms with van der Waals surface area (Å²) >= 11 is 0. The topological polar surface area (TPSA) is 15.3 Å². The molecule has 0 aromatic heterocycles. The largest absolute Gasteiger partial charge is 0.388 e. The van der Waals surface area contributed by atoms with Crippen molar-refractivity contribution in [3.63, 3.8) is 0 Å².